The Balaban J connectivity index is 1.65. The summed E-state index contributed by atoms with van der Waals surface area (Å²) < 4.78 is 21.4. The van der Waals surface area contributed by atoms with Crippen LogP contribution >= 0.6 is 11.6 Å². The second-order valence-electron chi connectivity index (χ2n) is 6.62. The van der Waals surface area contributed by atoms with Crippen molar-refractivity contribution in [3.63, 3.8) is 0 Å². The Morgan fingerprint density at radius 3 is 3.07 bits per heavy atom. The molecule has 0 spiro atoms. The Kier molecular flexibility index (Phi) is 3.73. The van der Waals surface area contributed by atoms with E-state index in [1.807, 2.05) is 0 Å². The second kappa shape index (κ2) is 6.16. The predicted octanol–water partition coefficient (Wildman–Crippen LogP) is 2.28. The monoisotopic (exact) mass is 401 g/mol. The molecular formula is C18H15ClFN6O2+. The number of H-pyrrole nitrogens is 2. The molecule has 0 radical (unpaired) electrons. The van der Waals surface area contributed by atoms with Gasteiger partial charge in [-0.05, 0) is 23.7 Å². The van der Waals surface area contributed by atoms with Gasteiger partial charge >= 0.3 is 17.0 Å². The van der Waals surface area contributed by atoms with Gasteiger partial charge in [0.25, 0.3) is 0 Å². The molecule has 1 amide bonds. The molecule has 4 aromatic rings. The number of carbonyl (C=O) groups is 1. The highest BCUT2D eigenvalue weighted by atomic mass is 35.5. The van der Waals surface area contributed by atoms with E-state index in [0.717, 1.165) is 5.69 Å². The summed E-state index contributed by atoms with van der Waals surface area (Å²) >= 11 is 5.90. The summed E-state index contributed by atoms with van der Waals surface area (Å²) in [7, 11) is 1.65. The van der Waals surface area contributed by atoms with Crippen LogP contribution in [0.15, 0.2) is 35.0 Å². The molecule has 0 bridgehead atoms. The van der Waals surface area contributed by atoms with Crippen LogP contribution in [0.3, 0.4) is 0 Å². The van der Waals surface area contributed by atoms with Crippen molar-refractivity contribution in [3.05, 3.63) is 64.7 Å². The van der Waals surface area contributed by atoms with Gasteiger partial charge in [0.2, 0.25) is 0 Å². The number of rotatable bonds is 2. The van der Waals surface area contributed by atoms with Gasteiger partial charge in [0.05, 0.1) is 12.0 Å². The number of fused-ring (bicyclic) bond motifs is 2. The zero-order valence-electron chi connectivity index (χ0n) is 14.7. The number of imidazole rings is 1. The zero-order chi connectivity index (χ0) is 19.4. The number of hydrogen-bond acceptors (Lipinski definition) is 4. The number of carbonyl (C=O) groups excluding carboxylic acids is 1. The molecule has 2 N–H and O–H groups in total. The van der Waals surface area contributed by atoms with E-state index in [1.165, 1.54) is 10.7 Å². The van der Waals surface area contributed by atoms with Crippen LogP contribution < -0.4 is 4.68 Å². The number of furan rings is 1. The molecule has 1 aliphatic heterocycles. The molecule has 10 heteroatoms. The molecule has 5 rings (SSSR count). The van der Waals surface area contributed by atoms with E-state index in [9.17, 15) is 9.18 Å². The van der Waals surface area contributed by atoms with E-state index in [0.29, 0.717) is 29.8 Å². The quantitative estimate of drug-likeness (QED) is 0.504. The summed E-state index contributed by atoms with van der Waals surface area (Å²) in [6.07, 6.45) is 2.19. The third-order valence-electron chi connectivity index (χ3n) is 4.94. The van der Waals surface area contributed by atoms with E-state index in [2.05, 4.69) is 20.1 Å². The van der Waals surface area contributed by atoms with Crippen LogP contribution in [0.5, 0.6) is 0 Å². The van der Waals surface area contributed by atoms with Crippen molar-refractivity contribution in [3.8, 4) is 0 Å². The minimum Gasteiger partial charge on any atom is -0.455 e. The molecule has 0 saturated heterocycles. The van der Waals surface area contributed by atoms with Crippen LogP contribution in [0.1, 0.15) is 33.8 Å². The molecule has 0 fully saturated rings. The number of nitrogens with one attached hydrogen (secondary N) is 2. The fourth-order valence-corrected chi connectivity index (χ4v) is 3.88. The number of aromatic amines is 2. The number of benzene rings is 1. The second-order valence-corrected chi connectivity index (χ2v) is 6.98. The van der Waals surface area contributed by atoms with Crippen molar-refractivity contribution >= 4 is 28.5 Å². The van der Waals surface area contributed by atoms with Crippen molar-refractivity contribution in [1.82, 2.24) is 25.0 Å². The van der Waals surface area contributed by atoms with Gasteiger partial charge < -0.3 is 14.3 Å². The van der Waals surface area contributed by atoms with E-state index in [1.54, 1.807) is 36.5 Å². The highest BCUT2D eigenvalue weighted by molar-refractivity contribution is 6.28. The highest BCUT2D eigenvalue weighted by Crippen LogP contribution is 2.37. The predicted molar refractivity (Wildman–Crippen MR) is 96.1 cm³/mol. The number of hydrogen-bond donors (Lipinski definition) is 2. The molecule has 28 heavy (non-hydrogen) atoms. The van der Waals surface area contributed by atoms with Crippen molar-refractivity contribution in [2.24, 2.45) is 7.05 Å². The van der Waals surface area contributed by atoms with Gasteiger partial charge in [0, 0.05) is 29.0 Å². The number of amides is 1. The van der Waals surface area contributed by atoms with Crippen LogP contribution in [-0.4, -0.2) is 37.4 Å². The SMILES string of the molecule is C[n+]1[nH]c(Cl)nc1C(=O)N1CCc2[nH]cnc2[C@H]1c1cc2cccc(F)c2o1. The van der Waals surface area contributed by atoms with Gasteiger partial charge in [-0.1, -0.05) is 12.1 Å². The van der Waals surface area contributed by atoms with Crippen LogP contribution in [0, 0.1) is 5.82 Å². The first-order valence-corrected chi connectivity index (χ1v) is 9.03. The Morgan fingerprint density at radius 1 is 1.46 bits per heavy atom. The number of para-hydroxylation sites is 1. The minimum atomic E-state index is -0.607. The maximum atomic E-state index is 14.2. The summed E-state index contributed by atoms with van der Waals surface area (Å²) in [5.41, 5.74) is 1.74. The first-order valence-electron chi connectivity index (χ1n) is 8.65. The van der Waals surface area contributed by atoms with Crippen molar-refractivity contribution in [2.45, 2.75) is 12.5 Å². The Hall–Kier alpha value is -3.20. The van der Waals surface area contributed by atoms with E-state index in [4.69, 9.17) is 16.0 Å². The molecular weight excluding hydrogens is 387 g/mol. The van der Waals surface area contributed by atoms with Gasteiger partial charge in [-0.3, -0.25) is 4.79 Å². The van der Waals surface area contributed by atoms with Gasteiger partial charge in [-0.15, -0.1) is 4.68 Å². The molecule has 1 atom stereocenters. The lowest BCUT2D eigenvalue weighted by Gasteiger charge is -2.32. The van der Waals surface area contributed by atoms with Gasteiger partial charge in [-0.25, -0.2) is 9.37 Å². The smallest absolute Gasteiger partial charge is 0.410 e. The first-order chi connectivity index (χ1) is 13.5. The maximum absolute atomic E-state index is 14.2. The summed E-state index contributed by atoms with van der Waals surface area (Å²) in [5.74, 6) is -0.183. The molecule has 1 aliphatic rings. The molecule has 4 heterocycles. The Bertz CT molecular complexity index is 1210. The van der Waals surface area contributed by atoms with Gasteiger partial charge in [0.1, 0.15) is 18.8 Å². The average molecular weight is 402 g/mol. The third-order valence-corrected chi connectivity index (χ3v) is 5.11. The fraction of sp³-hybridized carbons (Fsp3) is 0.222. The summed E-state index contributed by atoms with van der Waals surface area (Å²) in [4.78, 5) is 26.4. The zero-order valence-corrected chi connectivity index (χ0v) is 15.5. The van der Waals surface area contributed by atoms with E-state index >= 15 is 0 Å². The van der Waals surface area contributed by atoms with E-state index in [-0.39, 0.29) is 22.6 Å². The number of aryl methyl sites for hydroxylation is 1. The van der Waals surface area contributed by atoms with Crippen molar-refractivity contribution in [2.75, 3.05) is 6.54 Å². The lowest BCUT2D eigenvalue weighted by Crippen LogP contribution is -2.47. The van der Waals surface area contributed by atoms with E-state index < -0.39 is 11.9 Å². The summed E-state index contributed by atoms with van der Waals surface area (Å²) in [6.45, 7) is 0.419. The lowest BCUT2D eigenvalue weighted by atomic mass is 10.00. The Labute approximate surface area is 162 Å². The first kappa shape index (κ1) is 16.9. The summed E-state index contributed by atoms with van der Waals surface area (Å²) in [6, 6.07) is 5.85. The third kappa shape index (κ3) is 2.50. The van der Waals surface area contributed by atoms with Gasteiger partial charge in [-0.2, -0.15) is 5.10 Å². The molecule has 3 aromatic heterocycles. The number of halogens is 2. The fourth-order valence-electron chi connectivity index (χ4n) is 3.67. The lowest BCUT2D eigenvalue weighted by molar-refractivity contribution is -0.729. The van der Waals surface area contributed by atoms with Crippen LogP contribution in [0.2, 0.25) is 5.28 Å². The summed E-state index contributed by atoms with van der Waals surface area (Å²) in [5, 5.41) is 3.49. The maximum Gasteiger partial charge on any atom is 0.410 e. The molecule has 0 aliphatic carbocycles. The molecule has 1 aromatic carbocycles. The standard InChI is InChI=1S/C18H14ClFN6O2/c1-25-16(23-18(19)24-25)17(27)26-6-5-11-13(22-8-21-11)14(26)12-7-9-3-2-4-10(20)15(9)28-12/h2-4,7-8,14H,5-6H2,1H3,(H,21,22)/p+1/t14-/m1/s1. The van der Waals surface area contributed by atoms with Crippen LogP contribution in [0.4, 0.5) is 4.39 Å². The average Bonchev–Trinajstić information content (AvgIpc) is 3.38. The molecule has 142 valence electrons. The largest absolute Gasteiger partial charge is 0.455 e. The number of nitrogens with zero attached hydrogens (tertiary/aromatic N) is 4. The Morgan fingerprint density at radius 2 is 2.32 bits per heavy atom. The van der Waals surface area contributed by atoms with Crippen molar-refractivity contribution in [1.29, 1.82) is 0 Å². The molecule has 0 saturated carbocycles. The molecule has 8 nitrogen and oxygen atoms in total. The van der Waals surface area contributed by atoms with Gasteiger partial charge in [0.15, 0.2) is 11.4 Å². The molecule has 0 unspecified atom stereocenters. The normalized spacial score (nSPS) is 16.5. The van der Waals surface area contributed by atoms with Crippen molar-refractivity contribution < 1.29 is 18.3 Å². The minimum absolute atomic E-state index is 0.116. The topological polar surface area (TPSA) is 94.7 Å². The highest BCUT2D eigenvalue weighted by Gasteiger charge is 2.41. The van der Waals surface area contributed by atoms with Crippen LogP contribution in [0.25, 0.3) is 11.0 Å². The van der Waals surface area contributed by atoms with Crippen LogP contribution in [-0.2, 0) is 13.5 Å². The number of aromatic nitrogens is 5.